The first-order valence-corrected chi connectivity index (χ1v) is 10.5. The fourth-order valence-electron chi connectivity index (χ4n) is 2.97. The van der Waals surface area contributed by atoms with Gasteiger partial charge >= 0.3 is 0 Å². The summed E-state index contributed by atoms with van der Waals surface area (Å²) in [5.41, 5.74) is 0.895. The lowest BCUT2D eigenvalue weighted by molar-refractivity contribution is -0.136. The first-order chi connectivity index (χ1) is 12.4. The number of para-hydroxylation sites is 1. The molecular weight excluding hydrogens is 374 g/mol. The molecule has 0 aromatic heterocycles. The van der Waals surface area contributed by atoms with Gasteiger partial charge in [0, 0.05) is 17.6 Å². The molecule has 1 atom stereocenters. The van der Waals surface area contributed by atoms with Gasteiger partial charge in [-0.05, 0) is 36.2 Å². The van der Waals surface area contributed by atoms with Gasteiger partial charge in [0.1, 0.15) is 5.75 Å². The highest BCUT2D eigenvalue weighted by Gasteiger charge is 2.34. The smallest absolute Gasteiger partial charge is 0.261 e. The second kappa shape index (κ2) is 8.10. The van der Waals surface area contributed by atoms with Crippen LogP contribution in [0.3, 0.4) is 0 Å². The van der Waals surface area contributed by atoms with Crippen LogP contribution in [0.1, 0.15) is 12.0 Å². The number of benzene rings is 2. The van der Waals surface area contributed by atoms with Crippen LogP contribution < -0.4 is 4.74 Å². The molecule has 2 aromatic rings. The summed E-state index contributed by atoms with van der Waals surface area (Å²) in [4.78, 5) is 14.4. The first-order valence-electron chi connectivity index (χ1n) is 8.35. The van der Waals surface area contributed by atoms with Gasteiger partial charge in [-0.15, -0.1) is 0 Å². The number of ether oxygens (including phenoxy) is 1. The quantitative estimate of drug-likeness (QED) is 0.757. The van der Waals surface area contributed by atoms with Crippen molar-refractivity contribution in [3.05, 3.63) is 65.2 Å². The van der Waals surface area contributed by atoms with E-state index in [0.717, 1.165) is 5.56 Å². The van der Waals surface area contributed by atoms with Gasteiger partial charge in [-0.3, -0.25) is 4.79 Å². The van der Waals surface area contributed by atoms with E-state index >= 15 is 0 Å². The van der Waals surface area contributed by atoms with Gasteiger partial charge in [0.2, 0.25) is 0 Å². The van der Waals surface area contributed by atoms with E-state index in [9.17, 15) is 13.2 Å². The van der Waals surface area contributed by atoms with Crippen molar-refractivity contribution < 1.29 is 17.9 Å². The van der Waals surface area contributed by atoms with E-state index < -0.39 is 9.84 Å². The Kier molecular flexibility index (Phi) is 5.84. The summed E-state index contributed by atoms with van der Waals surface area (Å²) < 4.78 is 29.3. The Morgan fingerprint density at radius 1 is 1.12 bits per heavy atom. The molecule has 26 heavy (non-hydrogen) atoms. The molecule has 1 heterocycles. The van der Waals surface area contributed by atoms with Gasteiger partial charge < -0.3 is 9.64 Å². The Bertz CT molecular complexity index is 853. The lowest BCUT2D eigenvalue weighted by Gasteiger charge is -2.28. The van der Waals surface area contributed by atoms with E-state index in [2.05, 4.69) is 0 Å². The maximum Gasteiger partial charge on any atom is 0.261 e. The Labute approximate surface area is 158 Å². The summed E-state index contributed by atoms with van der Waals surface area (Å²) in [6, 6.07) is 15.9. The maximum absolute atomic E-state index is 12.8. The number of nitrogens with zero attached hydrogens (tertiary/aromatic N) is 1. The normalized spacial score (nSPS) is 18.4. The Balaban J connectivity index is 1.73. The Morgan fingerprint density at radius 2 is 1.81 bits per heavy atom. The van der Waals surface area contributed by atoms with Crippen molar-refractivity contribution in [1.29, 1.82) is 0 Å². The number of amides is 1. The highest BCUT2D eigenvalue weighted by Crippen LogP contribution is 2.21. The molecule has 1 saturated heterocycles. The molecule has 7 heteroatoms. The van der Waals surface area contributed by atoms with Crippen molar-refractivity contribution in [3.8, 4) is 5.75 Å². The zero-order chi connectivity index (χ0) is 18.6. The summed E-state index contributed by atoms with van der Waals surface area (Å²) >= 11 is 5.91. The van der Waals surface area contributed by atoms with Crippen molar-refractivity contribution >= 4 is 27.3 Å². The average molecular weight is 394 g/mol. The van der Waals surface area contributed by atoms with Gasteiger partial charge in [-0.1, -0.05) is 41.9 Å². The van der Waals surface area contributed by atoms with Crippen molar-refractivity contribution in [2.75, 3.05) is 18.1 Å². The van der Waals surface area contributed by atoms with Gasteiger partial charge in [0.25, 0.3) is 5.91 Å². The van der Waals surface area contributed by atoms with Crippen LogP contribution in [0, 0.1) is 0 Å². The van der Waals surface area contributed by atoms with Crippen molar-refractivity contribution in [2.45, 2.75) is 19.0 Å². The molecule has 5 nitrogen and oxygen atoms in total. The average Bonchev–Trinajstić information content (AvgIpc) is 2.99. The SMILES string of the molecule is O=C(COc1ccccc1)N(Cc1ccc(Cl)cc1)C1CCS(=O)(=O)C1. The third-order valence-electron chi connectivity index (χ3n) is 4.34. The molecule has 2 aromatic carbocycles. The van der Waals surface area contributed by atoms with E-state index in [-0.39, 0.29) is 30.1 Å². The number of hydrogen-bond donors (Lipinski definition) is 0. The van der Waals surface area contributed by atoms with Crippen LogP contribution in [0.4, 0.5) is 0 Å². The van der Waals surface area contributed by atoms with Gasteiger partial charge in [0.05, 0.1) is 11.5 Å². The fourth-order valence-corrected chi connectivity index (χ4v) is 4.83. The molecule has 1 fully saturated rings. The van der Waals surface area contributed by atoms with Crippen LogP contribution in [0.5, 0.6) is 5.75 Å². The maximum atomic E-state index is 12.8. The second-order valence-corrected chi connectivity index (χ2v) is 8.97. The molecule has 1 unspecified atom stereocenters. The third-order valence-corrected chi connectivity index (χ3v) is 6.34. The number of carbonyl (C=O) groups is 1. The molecule has 0 aliphatic carbocycles. The van der Waals surface area contributed by atoms with E-state index in [4.69, 9.17) is 16.3 Å². The summed E-state index contributed by atoms with van der Waals surface area (Å²) in [7, 11) is -3.10. The van der Waals surface area contributed by atoms with Crippen LogP contribution in [0.25, 0.3) is 0 Å². The van der Waals surface area contributed by atoms with E-state index in [1.54, 1.807) is 29.2 Å². The zero-order valence-corrected chi connectivity index (χ0v) is 15.7. The van der Waals surface area contributed by atoms with Crippen LogP contribution in [0.15, 0.2) is 54.6 Å². The van der Waals surface area contributed by atoms with E-state index in [1.807, 2.05) is 30.3 Å². The lowest BCUT2D eigenvalue weighted by atomic mass is 10.1. The minimum Gasteiger partial charge on any atom is -0.484 e. The van der Waals surface area contributed by atoms with Crippen molar-refractivity contribution in [3.63, 3.8) is 0 Å². The molecule has 1 amide bonds. The molecule has 3 rings (SSSR count). The number of sulfone groups is 1. The van der Waals surface area contributed by atoms with Crippen LogP contribution in [-0.2, 0) is 21.2 Å². The van der Waals surface area contributed by atoms with E-state index in [0.29, 0.717) is 23.7 Å². The molecule has 0 saturated carbocycles. The van der Waals surface area contributed by atoms with Crippen molar-refractivity contribution in [2.24, 2.45) is 0 Å². The third kappa shape index (κ3) is 4.99. The van der Waals surface area contributed by atoms with Crippen LogP contribution in [0.2, 0.25) is 5.02 Å². The highest BCUT2D eigenvalue weighted by molar-refractivity contribution is 7.91. The largest absolute Gasteiger partial charge is 0.484 e. The van der Waals surface area contributed by atoms with Gasteiger partial charge in [0.15, 0.2) is 16.4 Å². The molecule has 0 N–H and O–H groups in total. The highest BCUT2D eigenvalue weighted by atomic mass is 35.5. The molecule has 138 valence electrons. The fraction of sp³-hybridized carbons (Fsp3) is 0.316. The first kappa shape index (κ1) is 18.7. The molecule has 0 spiro atoms. The zero-order valence-electron chi connectivity index (χ0n) is 14.2. The number of carbonyl (C=O) groups excluding carboxylic acids is 1. The molecular formula is C19H20ClNO4S. The second-order valence-electron chi connectivity index (χ2n) is 6.31. The number of hydrogen-bond acceptors (Lipinski definition) is 4. The predicted molar refractivity (Wildman–Crippen MR) is 101 cm³/mol. The monoisotopic (exact) mass is 393 g/mol. The summed E-state index contributed by atoms with van der Waals surface area (Å²) in [6.07, 6.45) is 0.451. The number of halogens is 1. The van der Waals surface area contributed by atoms with Crippen LogP contribution in [-0.4, -0.2) is 43.4 Å². The van der Waals surface area contributed by atoms with E-state index in [1.165, 1.54) is 0 Å². The Morgan fingerprint density at radius 3 is 2.42 bits per heavy atom. The summed E-state index contributed by atoms with van der Waals surface area (Å²) in [5, 5.41) is 0.613. The standard InChI is InChI=1S/C19H20ClNO4S/c20-16-8-6-15(7-9-16)12-21(17-10-11-26(23,24)14-17)19(22)13-25-18-4-2-1-3-5-18/h1-9,17H,10-14H2. The lowest BCUT2D eigenvalue weighted by Crippen LogP contribution is -2.43. The topological polar surface area (TPSA) is 63.7 Å². The molecule has 0 bridgehead atoms. The van der Waals surface area contributed by atoms with Crippen LogP contribution >= 0.6 is 11.6 Å². The number of rotatable bonds is 6. The minimum atomic E-state index is -3.10. The van der Waals surface area contributed by atoms with Gasteiger partial charge in [-0.25, -0.2) is 8.42 Å². The molecule has 1 aliphatic rings. The molecule has 0 radical (unpaired) electrons. The van der Waals surface area contributed by atoms with Crippen molar-refractivity contribution in [1.82, 2.24) is 4.90 Å². The summed E-state index contributed by atoms with van der Waals surface area (Å²) in [5.74, 6) is 0.483. The molecule has 1 aliphatic heterocycles. The van der Waals surface area contributed by atoms with Gasteiger partial charge in [-0.2, -0.15) is 0 Å². The predicted octanol–water partition coefficient (Wildman–Crippen LogP) is 2.93. The summed E-state index contributed by atoms with van der Waals surface area (Å²) in [6.45, 7) is 0.197. The minimum absolute atomic E-state index is 0.00231. The Hall–Kier alpha value is -2.05.